The van der Waals surface area contributed by atoms with Crippen LogP contribution in [0, 0.1) is 0 Å². The number of hydrogen-bond donors (Lipinski definition) is 1. The number of amides is 1. The summed E-state index contributed by atoms with van der Waals surface area (Å²) < 4.78 is 2.01. The molecule has 140 valence electrons. The monoisotopic (exact) mass is 358 g/mol. The van der Waals surface area contributed by atoms with Gasteiger partial charge in [-0.3, -0.25) is 9.78 Å². The van der Waals surface area contributed by atoms with Crippen molar-refractivity contribution in [2.45, 2.75) is 38.3 Å². The Kier molecular flexibility index (Phi) is 5.51. The Morgan fingerprint density at radius 3 is 2.92 bits per heavy atom. The third-order valence-corrected chi connectivity index (χ3v) is 4.85. The van der Waals surface area contributed by atoms with Gasteiger partial charge in [0.15, 0.2) is 0 Å². The minimum Gasteiger partial charge on any atom is -0.386 e. The van der Waals surface area contributed by atoms with E-state index in [1.54, 1.807) is 36.7 Å². The number of β-amino-alcohol motifs (C(OH)–C–C–N with tert-alkyl or cyclic N) is 1. The van der Waals surface area contributed by atoms with Crippen LogP contribution in [0.15, 0.2) is 31.0 Å². The van der Waals surface area contributed by atoms with Gasteiger partial charge in [-0.1, -0.05) is 6.92 Å². The molecule has 8 heteroatoms. The first-order valence-electron chi connectivity index (χ1n) is 8.98. The van der Waals surface area contributed by atoms with Gasteiger partial charge in [-0.25, -0.2) is 9.97 Å². The number of aromatic nitrogens is 4. The third-order valence-electron chi connectivity index (χ3n) is 4.85. The number of carbonyl (C=O) groups excluding carboxylic acids is 1. The van der Waals surface area contributed by atoms with Gasteiger partial charge in [-0.15, -0.1) is 0 Å². The normalized spacial score (nSPS) is 19.7. The number of hydrogen-bond acceptors (Lipinski definition) is 6. The zero-order valence-electron chi connectivity index (χ0n) is 15.4. The fraction of sp³-hybridized carbons (Fsp3) is 0.556. The number of likely N-dealkylation sites (N-methyl/N-ethyl adjacent to an activating group) is 1. The molecule has 1 amide bonds. The van der Waals surface area contributed by atoms with Crippen LogP contribution in [0.5, 0.6) is 0 Å². The van der Waals surface area contributed by atoms with Crippen LogP contribution in [0.3, 0.4) is 0 Å². The second-order valence-electron chi connectivity index (χ2n) is 6.85. The van der Waals surface area contributed by atoms with Gasteiger partial charge in [0.2, 0.25) is 5.91 Å². The SMILES string of the molecule is CCc1nccn1CCC(=O)N(C)C[C@]1(O)CCN(c2cnccn2)C1. The third kappa shape index (κ3) is 4.19. The van der Waals surface area contributed by atoms with Crippen LogP contribution in [0.1, 0.15) is 25.6 Å². The van der Waals surface area contributed by atoms with Gasteiger partial charge in [0, 0.05) is 64.3 Å². The van der Waals surface area contributed by atoms with Crippen molar-refractivity contribution >= 4 is 11.7 Å². The predicted octanol–water partition coefficient (Wildman–Crippen LogP) is 0.725. The minimum absolute atomic E-state index is 0.0205. The average molecular weight is 358 g/mol. The highest BCUT2D eigenvalue weighted by Crippen LogP contribution is 2.25. The second-order valence-corrected chi connectivity index (χ2v) is 6.85. The highest BCUT2D eigenvalue weighted by Gasteiger charge is 2.38. The first-order chi connectivity index (χ1) is 12.5. The summed E-state index contributed by atoms with van der Waals surface area (Å²) in [6, 6.07) is 0. The van der Waals surface area contributed by atoms with E-state index in [1.807, 2.05) is 22.6 Å². The van der Waals surface area contributed by atoms with E-state index in [0.717, 1.165) is 18.1 Å². The lowest BCUT2D eigenvalue weighted by molar-refractivity contribution is -0.133. The lowest BCUT2D eigenvalue weighted by Crippen LogP contribution is -2.46. The molecule has 1 aliphatic rings. The molecule has 8 nitrogen and oxygen atoms in total. The van der Waals surface area contributed by atoms with Crippen LogP contribution in [0.2, 0.25) is 0 Å². The largest absolute Gasteiger partial charge is 0.386 e. The average Bonchev–Trinajstić information content (AvgIpc) is 3.26. The summed E-state index contributed by atoms with van der Waals surface area (Å²) >= 11 is 0. The molecular weight excluding hydrogens is 332 g/mol. The molecule has 0 unspecified atom stereocenters. The number of imidazole rings is 1. The quantitative estimate of drug-likeness (QED) is 0.785. The highest BCUT2D eigenvalue weighted by atomic mass is 16.3. The Morgan fingerprint density at radius 1 is 1.35 bits per heavy atom. The number of anilines is 1. The molecule has 0 aromatic carbocycles. The van der Waals surface area contributed by atoms with E-state index in [9.17, 15) is 9.90 Å². The lowest BCUT2D eigenvalue weighted by Gasteiger charge is -2.29. The number of aliphatic hydroxyl groups is 1. The maximum atomic E-state index is 12.5. The standard InChI is InChI=1S/C18H26N6O2/c1-3-15-21-8-11-23(15)9-4-17(25)22(2)13-18(26)5-10-24(14-18)16-12-19-6-7-20-16/h6-8,11-12,26H,3-5,9-10,13-14H2,1-2H3/t18-/m1/s1. The molecule has 3 heterocycles. The molecule has 1 N–H and O–H groups in total. The Hall–Kier alpha value is -2.48. The van der Waals surface area contributed by atoms with Crippen molar-refractivity contribution in [3.63, 3.8) is 0 Å². The number of carbonyl (C=O) groups is 1. The summed E-state index contributed by atoms with van der Waals surface area (Å²) in [5.41, 5.74) is -0.925. The molecule has 2 aromatic heterocycles. The summed E-state index contributed by atoms with van der Waals surface area (Å²) in [7, 11) is 1.75. The summed E-state index contributed by atoms with van der Waals surface area (Å²) in [6.45, 7) is 4.12. The molecule has 1 atom stereocenters. The molecule has 0 spiro atoms. The Balaban J connectivity index is 1.52. The molecule has 3 rings (SSSR count). The van der Waals surface area contributed by atoms with Crippen LogP contribution < -0.4 is 4.90 Å². The first-order valence-corrected chi connectivity index (χ1v) is 8.98. The molecule has 1 aliphatic heterocycles. The van der Waals surface area contributed by atoms with E-state index in [-0.39, 0.29) is 5.91 Å². The van der Waals surface area contributed by atoms with Gasteiger partial charge in [-0.2, -0.15) is 0 Å². The summed E-state index contributed by atoms with van der Waals surface area (Å²) in [5.74, 6) is 1.76. The van der Waals surface area contributed by atoms with E-state index in [1.165, 1.54) is 0 Å². The number of rotatable bonds is 7. The second kappa shape index (κ2) is 7.82. The van der Waals surface area contributed by atoms with Gasteiger partial charge >= 0.3 is 0 Å². The molecule has 26 heavy (non-hydrogen) atoms. The van der Waals surface area contributed by atoms with Gasteiger partial charge in [0.25, 0.3) is 0 Å². The van der Waals surface area contributed by atoms with Crippen LogP contribution in [0.25, 0.3) is 0 Å². The lowest BCUT2D eigenvalue weighted by atomic mass is 10.0. The molecule has 0 radical (unpaired) electrons. The summed E-state index contributed by atoms with van der Waals surface area (Å²) in [4.78, 5) is 28.7. The van der Waals surface area contributed by atoms with Crippen molar-refractivity contribution in [3.05, 3.63) is 36.8 Å². The number of nitrogens with zero attached hydrogens (tertiary/aromatic N) is 6. The van der Waals surface area contributed by atoms with Gasteiger partial charge in [-0.05, 0) is 6.42 Å². The summed E-state index contributed by atoms with van der Waals surface area (Å²) in [6.07, 6.45) is 10.5. The maximum Gasteiger partial charge on any atom is 0.224 e. The van der Waals surface area contributed by atoms with E-state index in [4.69, 9.17) is 0 Å². The number of aryl methyl sites for hydroxylation is 2. The fourth-order valence-corrected chi connectivity index (χ4v) is 3.43. The van der Waals surface area contributed by atoms with Crippen molar-refractivity contribution in [2.24, 2.45) is 0 Å². The molecular formula is C18H26N6O2. The molecule has 2 aromatic rings. The summed E-state index contributed by atoms with van der Waals surface area (Å²) in [5, 5.41) is 10.9. The van der Waals surface area contributed by atoms with Gasteiger partial charge < -0.3 is 19.5 Å². The highest BCUT2D eigenvalue weighted by molar-refractivity contribution is 5.75. The van der Waals surface area contributed by atoms with Crippen LogP contribution in [-0.2, 0) is 17.8 Å². The zero-order chi connectivity index (χ0) is 18.6. The van der Waals surface area contributed by atoms with E-state index in [2.05, 4.69) is 15.0 Å². The van der Waals surface area contributed by atoms with Gasteiger partial charge in [0.1, 0.15) is 17.2 Å². The van der Waals surface area contributed by atoms with Gasteiger partial charge in [0.05, 0.1) is 12.7 Å². The predicted molar refractivity (Wildman–Crippen MR) is 97.7 cm³/mol. The van der Waals surface area contributed by atoms with Crippen LogP contribution >= 0.6 is 0 Å². The molecule has 1 fully saturated rings. The van der Waals surface area contributed by atoms with Crippen molar-refractivity contribution in [3.8, 4) is 0 Å². The first kappa shape index (κ1) is 18.3. The topological polar surface area (TPSA) is 87.4 Å². The van der Waals surface area contributed by atoms with Crippen LogP contribution in [-0.4, -0.2) is 67.7 Å². The van der Waals surface area contributed by atoms with Crippen molar-refractivity contribution in [2.75, 3.05) is 31.6 Å². The molecule has 0 saturated carbocycles. The molecule has 1 saturated heterocycles. The van der Waals surface area contributed by atoms with Crippen molar-refractivity contribution in [1.29, 1.82) is 0 Å². The maximum absolute atomic E-state index is 12.5. The van der Waals surface area contributed by atoms with Crippen LogP contribution in [0.4, 0.5) is 5.82 Å². The minimum atomic E-state index is -0.925. The Labute approximate surface area is 153 Å². The van der Waals surface area contributed by atoms with Crippen molar-refractivity contribution < 1.29 is 9.90 Å². The molecule has 0 bridgehead atoms. The van der Waals surface area contributed by atoms with E-state index < -0.39 is 5.60 Å². The fourth-order valence-electron chi connectivity index (χ4n) is 3.43. The van der Waals surface area contributed by atoms with E-state index in [0.29, 0.717) is 39.0 Å². The smallest absolute Gasteiger partial charge is 0.224 e. The van der Waals surface area contributed by atoms with Crippen molar-refractivity contribution in [1.82, 2.24) is 24.4 Å². The van der Waals surface area contributed by atoms with E-state index >= 15 is 0 Å². The Bertz CT molecular complexity index is 734. The zero-order valence-corrected chi connectivity index (χ0v) is 15.4. The molecule has 0 aliphatic carbocycles. The Morgan fingerprint density at radius 2 is 2.19 bits per heavy atom.